The van der Waals surface area contributed by atoms with Gasteiger partial charge in [-0.1, -0.05) is 0 Å². The van der Waals surface area contributed by atoms with E-state index in [9.17, 15) is 13.2 Å². The number of morpholine rings is 1. The van der Waals surface area contributed by atoms with E-state index in [-0.39, 0.29) is 16.9 Å². The number of nitrogens with zero attached hydrogens (tertiary/aromatic N) is 4. The quantitative estimate of drug-likeness (QED) is 0.636. The Balaban J connectivity index is 1.43. The maximum atomic E-state index is 12.2. The number of aromatic nitrogens is 4. The fraction of sp³-hybridized carbons (Fsp3) is 0.688. The lowest BCUT2D eigenvalue weighted by atomic mass is 10.1. The number of H-pyrrole nitrogens is 1. The van der Waals surface area contributed by atoms with Gasteiger partial charge < -0.3 is 9.72 Å². The zero-order chi connectivity index (χ0) is 19.0. The van der Waals surface area contributed by atoms with Crippen LogP contribution in [0.1, 0.15) is 25.1 Å². The first kappa shape index (κ1) is 18.5. The average molecular weight is 396 g/mol. The fourth-order valence-electron chi connectivity index (χ4n) is 3.37. The lowest BCUT2D eigenvalue weighted by Gasteiger charge is -2.35. The Bertz CT molecular complexity index is 980. The van der Waals surface area contributed by atoms with Gasteiger partial charge in [-0.25, -0.2) is 18.1 Å². The number of ether oxygens (including phenoxy) is 1. The molecule has 1 aliphatic carbocycles. The van der Waals surface area contributed by atoms with Gasteiger partial charge in [0.15, 0.2) is 5.65 Å². The highest BCUT2D eigenvalue weighted by molar-refractivity contribution is 7.90. The van der Waals surface area contributed by atoms with Crippen LogP contribution in [0.15, 0.2) is 11.0 Å². The molecule has 1 atom stereocenters. The van der Waals surface area contributed by atoms with E-state index in [1.807, 2.05) is 0 Å². The largest absolute Gasteiger partial charge is 0.378 e. The molecule has 0 amide bonds. The third-order valence-electron chi connectivity index (χ3n) is 5.10. The number of aromatic amines is 1. The Morgan fingerprint density at radius 3 is 3.00 bits per heavy atom. The maximum Gasteiger partial charge on any atom is 0.262 e. The van der Waals surface area contributed by atoms with Crippen molar-refractivity contribution in [3.63, 3.8) is 0 Å². The van der Waals surface area contributed by atoms with Crippen LogP contribution in [0.3, 0.4) is 0 Å². The predicted octanol–water partition coefficient (Wildman–Crippen LogP) is -0.671. The molecule has 1 saturated carbocycles. The maximum absolute atomic E-state index is 12.2. The molecule has 148 valence electrons. The summed E-state index contributed by atoms with van der Waals surface area (Å²) >= 11 is 0. The first-order chi connectivity index (χ1) is 12.9. The molecule has 2 fully saturated rings. The molecule has 0 radical (unpaired) electrons. The van der Waals surface area contributed by atoms with Crippen LogP contribution in [0.5, 0.6) is 0 Å². The molecule has 2 aliphatic rings. The number of rotatable bonds is 7. The molecule has 1 aliphatic heterocycles. The topological polar surface area (TPSA) is 122 Å². The second kappa shape index (κ2) is 7.30. The second-order valence-corrected chi connectivity index (χ2v) is 9.19. The third-order valence-corrected chi connectivity index (χ3v) is 7.05. The molecule has 0 bridgehead atoms. The van der Waals surface area contributed by atoms with Gasteiger partial charge in [-0.05, 0) is 19.3 Å². The molecule has 2 aromatic rings. The normalized spacial score (nSPS) is 21.7. The van der Waals surface area contributed by atoms with E-state index < -0.39 is 10.0 Å². The summed E-state index contributed by atoms with van der Waals surface area (Å²) in [6.45, 7) is 2.69. The summed E-state index contributed by atoms with van der Waals surface area (Å²) in [6, 6.07) is 0.0631. The summed E-state index contributed by atoms with van der Waals surface area (Å²) < 4.78 is 33.8. The first-order valence-corrected chi connectivity index (χ1v) is 10.7. The summed E-state index contributed by atoms with van der Waals surface area (Å²) in [5.74, 6) is 0.571. The van der Waals surface area contributed by atoms with Gasteiger partial charge in [-0.2, -0.15) is 5.10 Å². The molecule has 0 aromatic carbocycles. The van der Waals surface area contributed by atoms with Crippen molar-refractivity contribution in [2.75, 3.05) is 26.3 Å². The molecule has 2 N–H and O–H groups in total. The van der Waals surface area contributed by atoms with E-state index in [2.05, 4.69) is 24.7 Å². The molecule has 27 heavy (non-hydrogen) atoms. The van der Waals surface area contributed by atoms with Gasteiger partial charge in [-0.15, -0.1) is 0 Å². The molecule has 4 rings (SSSR count). The Morgan fingerprint density at radius 1 is 1.41 bits per heavy atom. The number of aryl methyl sites for hydroxylation is 1. The molecular weight excluding hydrogens is 372 g/mol. The van der Waals surface area contributed by atoms with Crippen LogP contribution in [0, 0.1) is 0 Å². The molecule has 11 heteroatoms. The predicted molar refractivity (Wildman–Crippen MR) is 98.7 cm³/mol. The number of hydrogen-bond acceptors (Lipinski definition) is 7. The zero-order valence-corrected chi connectivity index (χ0v) is 16.0. The van der Waals surface area contributed by atoms with Gasteiger partial charge in [0.1, 0.15) is 11.2 Å². The van der Waals surface area contributed by atoms with Gasteiger partial charge in [0, 0.05) is 26.2 Å². The smallest absolute Gasteiger partial charge is 0.262 e. The van der Waals surface area contributed by atoms with Crippen molar-refractivity contribution in [1.82, 2.24) is 29.4 Å². The fourth-order valence-corrected chi connectivity index (χ4v) is 4.77. The summed E-state index contributed by atoms with van der Waals surface area (Å²) in [5.41, 5.74) is 0.348. The van der Waals surface area contributed by atoms with Crippen LogP contribution in [0.4, 0.5) is 0 Å². The number of hydrogen-bond donors (Lipinski definition) is 2. The number of nitrogens with one attached hydrogen (secondary N) is 2. The van der Waals surface area contributed by atoms with E-state index in [4.69, 9.17) is 4.74 Å². The Labute approximate surface area is 157 Å². The zero-order valence-electron chi connectivity index (χ0n) is 15.2. The molecule has 1 saturated heterocycles. The highest BCUT2D eigenvalue weighted by Crippen LogP contribution is 2.27. The minimum atomic E-state index is -3.17. The third kappa shape index (κ3) is 4.05. The first-order valence-electron chi connectivity index (χ1n) is 9.15. The average Bonchev–Trinajstić information content (AvgIpc) is 3.42. The van der Waals surface area contributed by atoms with Crippen molar-refractivity contribution in [3.8, 4) is 0 Å². The molecule has 1 unspecified atom stereocenters. The minimum Gasteiger partial charge on any atom is -0.378 e. The van der Waals surface area contributed by atoms with Crippen LogP contribution < -0.4 is 10.3 Å². The van der Waals surface area contributed by atoms with E-state index in [1.54, 1.807) is 11.7 Å². The van der Waals surface area contributed by atoms with E-state index in [0.29, 0.717) is 56.1 Å². The van der Waals surface area contributed by atoms with E-state index >= 15 is 0 Å². The number of sulfonamides is 1. The van der Waals surface area contributed by atoms with Crippen molar-refractivity contribution in [2.45, 2.75) is 37.1 Å². The summed E-state index contributed by atoms with van der Waals surface area (Å²) in [6.07, 6.45) is 3.66. The Hall–Kier alpha value is -1.82. The highest BCUT2D eigenvalue weighted by Gasteiger charge is 2.35. The van der Waals surface area contributed by atoms with Gasteiger partial charge in [0.25, 0.3) is 5.56 Å². The Kier molecular flexibility index (Phi) is 5.01. The lowest BCUT2D eigenvalue weighted by molar-refractivity contribution is -0.0149. The van der Waals surface area contributed by atoms with E-state index in [1.165, 1.54) is 6.20 Å². The highest BCUT2D eigenvalue weighted by atomic mass is 32.2. The molecule has 3 heterocycles. The molecule has 2 aromatic heterocycles. The van der Waals surface area contributed by atoms with Crippen molar-refractivity contribution in [2.24, 2.45) is 7.05 Å². The monoisotopic (exact) mass is 396 g/mol. The summed E-state index contributed by atoms with van der Waals surface area (Å²) in [5, 5.41) is 4.33. The molecule has 10 nitrogen and oxygen atoms in total. The van der Waals surface area contributed by atoms with Gasteiger partial charge in [0.05, 0.1) is 31.2 Å². The Morgan fingerprint density at radius 2 is 2.22 bits per heavy atom. The molecule has 0 spiro atoms. The van der Waals surface area contributed by atoms with Crippen molar-refractivity contribution >= 4 is 21.1 Å². The van der Waals surface area contributed by atoms with Crippen molar-refractivity contribution in [1.29, 1.82) is 0 Å². The van der Waals surface area contributed by atoms with Crippen LogP contribution in [0.25, 0.3) is 11.0 Å². The van der Waals surface area contributed by atoms with E-state index in [0.717, 1.165) is 12.8 Å². The van der Waals surface area contributed by atoms with Crippen LogP contribution >= 0.6 is 0 Å². The second-order valence-electron chi connectivity index (χ2n) is 7.14. The lowest BCUT2D eigenvalue weighted by Crippen LogP contribution is -2.47. The standard InChI is InChI=1S/C16H24N6O4S/c1-21-15-13(8-17-21)16(23)20-14(19-15)9-22-6-7-26-10-11(22)4-5-18-27(24,25)12-2-3-12/h8,11-12,18H,2-7,9-10H2,1H3,(H,19,20,23). The van der Waals surface area contributed by atoms with Crippen molar-refractivity contribution < 1.29 is 13.2 Å². The van der Waals surface area contributed by atoms with Crippen LogP contribution in [-0.2, 0) is 28.4 Å². The van der Waals surface area contributed by atoms with Gasteiger partial charge in [-0.3, -0.25) is 14.4 Å². The summed E-state index contributed by atoms with van der Waals surface area (Å²) in [7, 11) is -1.42. The molecular formula is C16H24N6O4S. The van der Waals surface area contributed by atoms with Crippen molar-refractivity contribution in [3.05, 3.63) is 22.4 Å². The van der Waals surface area contributed by atoms with Crippen LogP contribution in [0.2, 0.25) is 0 Å². The minimum absolute atomic E-state index is 0.0631. The summed E-state index contributed by atoms with van der Waals surface area (Å²) in [4.78, 5) is 21.7. The SMILES string of the molecule is Cn1ncc2c(=O)[nH]c(CN3CCOCC3CCNS(=O)(=O)C3CC3)nc21. The number of fused-ring (bicyclic) bond motifs is 1. The van der Waals surface area contributed by atoms with Gasteiger partial charge in [0.2, 0.25) is 10.0 Å². The van der Waals surface area contributed by atoms with Gasteiger partial charge >= 0.3 is 0 Å². The van der Waals surface area contributed by atoms with Crippen LogP contribution in [-0.4, -0.2) is 70.7 Å².